The Morgan fingerprint density at radius 1 is 0.930 bits per heavy atom. The van der Waals surface area contributed by atoms with Gasteiger partial charge in [0.05, 0.1) is 0 Å². The van der Waals surface area contributed by atoms with Gasteiger partial charge in [0.15, 0.2) is 5.92 Å². The van der Waals surface area contributed by atoms with Gasteiger partial charge in [-0.15, -0.1) is 0 Å². The van der Waals surface area contributed by atoms with E-state index in [0.29, 0.717) is 12.8 Å². The number of amides is 1. The number of carbonyl (C=O) groups excluding carboxylic acids is 3. The molecule has 2 aliphatic rings. The summed E-state index contributed by atoms with van der Waals surface area (Å²) >= 11 is 6.78. The quantitative estimate of drug-likeness (QED) is 0.197. The van der Waals surface area contributed by atoms with Gasteiger partial charge in [-0.2, -0.15) is 27.0 Å². The van der Waals surface area contributed by atoms with Gasteiger partial charge in [0, 0.05) is 41.3 Å². The van der Waals surface area contributed by atoms with E-state index in [-0.39, 0.29) is 51.4 Å². The minimum Gasteiger partial charge on any atom is -0.437 e. The van der Waals surface area contributed by atoms with Gasteiger partial charge in [-0.3, -0.25) is 14.4 Å². The number of hydrogen-bond donors (Lipinski definition) is 3. The first-order valence-electron chi connectivity index (χ1n) is 13.6. The zero-order valence-corrected chi connectivity index (χ0v) is 29.9. The number of halogens is 2. The van der Waals surface area contributed by atoms with Crippen molar-refractivity contribution in [3.63, 3.8) is 0 Å². The standard InChI is InChI=1S/C16H21BBrNO5.C12H15BBrNO2.2H2S/c1-16(2)23-14(20)13(15(21)24-16)9-12(19-17(3)22)8-10-4-6-11(18)7-5-10;1-13(17)15-11(6-7-12(15)16)8-9-2-4-10(14)5-3-9;;/h4-7,12-13,19,22H,8-9H2,1-3H3;2-5,11,17H,6-8H2,1H3;2*1H2/t12-;11-;;/m10../s1. The van der Waals surface area contributed by atoms with E-state index in [2.05, 4.69) is 37.1 Å². The Morgan fingerprint density at radius 3 is 1.88 bits per heavy atom. The van der Waals surface area contributed by atoms with Gasteiger partial charge in [0.1, 0.15) is 0 Å². The van der Waals surface area contributed by atoms with E-state index < -0.39 is 37.7 Å². The van der Waals surface area contributed by atoms with Crippen molar-refractivity contribution in [2.75, 3.05) is 0 Å². The molecule has 43 heavy (non-hydrogen) atoms. The fourth-order valence-corrected chi connectivity index (χ4v) is 5.57. The average molecular weight is 762 g/mol. The van der Waals surface area contributed by atoms with Crippen LogP contribution >= 0.6 is 58.9 Å². The van der Waals surface area contributed by atoms with Crippen molar-refractivity contribution >= 4 is 90.8 Å². The van der Waals surface area contributed by atoms with Crippen molar-refractivity contribution in [2.24, 2.45) is 5.92 Å². The normalized spacial score (nSPS) is 18.3. The fraction of sp³-hybridized carbons (Fsp3) is 0.464. The van der Waals surface area contributed by atoms with E-state index in [0.717, 1.165) is 27.4 Å². The molecule has 0 unspecified atom stereocenters. The van der Waals surface area contributed by atoms with Crippen molar-refractivity contribution in [1.82, 2.24) is 10.0 Å². The number of nitrogens with one attached hydrogen (secondary N) is 1. The Balaban J connectivity index is 0.000000432. The third kappa shape index (κ3) is 12.4. The van der Waals surface area contributed by atoms with Gasteiger partial charge in [-0.1, -0.05) is 56.1 Å². The highest BCUT2D eigenvalue weighted by molar-refractivity contribution is 9.10. The monoisotopic (exact) mass is 760 g/mol. The number of benzene rings is 2. The van der Waals surface area contributed by atoms with E-state index in [1.165, 1.54) is 19.4 Å². The third-order valence-corrected chi connectivity index (χ3v) is 7.87. The Labute approximate surface area is 285 Å². The smallest absolute Gasteiger partial charge is 0.411 e. The Hall–Kier alpha value is -1.48. The van der Waals surface area contributed by atoms with Gasteiger partial charge in [-0.25, -0.2) is 0 Å². The summed E-state index contributed by atoms with van der Waals surface area (Å²) in [7, 11) is -1.46. The Bertz CT molecular complexity index is 1190. The molecule has 2 aliphatic heterocycles. The van der Waals surface area contributed by atoms with Crippen molar-refractivity contribution in [3.05, 3.63) is 68.6 Å². The SMILES string of the molecule is CB(O)N1C(=O)CC[C@H]1Cc1ccc(Br)cc1.CB(O)N[C@H](Cc1ccc(Br)cc1)CC1C(=O)OC(C)(C)OC1=O.S.S. The van der Waals surface area contributed by atoms with Crippen LogP contribution in [0.5, 0.6) is 0 Å². The molecule has 4 rings (SSSR count). The topological polar surface area (TPSA) is 125 Å². The number of rotatable bonds is 9. The van der Waals surface area contributed by atoms with Crippen LogP contribution in [0.4, 0.5) is 0 Å². The molecular weight excluding hydrogens is 722 g/mol. The van der Waals surface area contributed by atoms with Crippen LogP contribution in [0.1, 0.15) is 44.2 Å². The number of cyclic esters (lactones) is 2. The molecule has 2 heterocycles. The average Bonchev–Trinajstić information content (AvgIpc) is 3.23. The van der Waals surface area contributed by atoms with E-state index >= 15 is 0 Å². The van der Waals surface area contributed by atoms with E-state index in [9.17, 15) is 24.4 Å². The molecule has 2 aromatic carbocycles. The van der Waals surface area contributed by atoms with Crippen LogP contribution in [-0.4, -0.2) is 64.7 Å². The molecule has 0 spiro atoms. The molecule has 2 fully saturated rings. The van der Waals surface area contributed by atoms with Crippen LogP contribution < -0.4 is 5.23 Å². The predicted octanol–water partition coefficient (Wildman–Crippen LogP) is 4.22. The highest BCUT2D eigenvalue weighted by Gasteiger charge is 2.44. The summed E-state index contributed by atoms with van der Waals surface area (Å²) < 4.78 is 12.3. The third-order valence-electron chi connectivity index (χ3n) is 6.81. The van der Waals surface area contributed by atoms with Gasteiger partial charge in [-0.05, 0) is 74.7 Å². The first-order valence-corrected chi connectivity index (χ1v) is 15.2. The highest BCUT2D eigenvalue weighted by atomic mass is 79.9. The summed E-state index contributed by atoms with van der Waals surface area (Å²) in [6.07, 6.45) is 2.93. The summed E-state index contributed by atoms with van der Waals surface area (Å²) in [5.41, 5.74) is 2.22. The van der Waals surface area contributed by atoms with Gasteiger partial charge in [0.25, 0.3) is 5.79 Å². The molecule has 2 atom stereocenters. The lowest BCUT2D eigenvalue weighted by molar-refractivity contribution is -0.240. The second-order valence-electron chi connectivity index (χ2n) is 10.9. The molecule has 15 heteroatoms. The zero-order chi connectivity index (χ0) is 30.3. The van der Waals surface area contributed by atoms with E-state index in [4.69, 9.17) is 9.47 Å². The summed E-state index contributed by atoms with van der Waals surface area (Å²) in [6, 6.07) is 15.7. The van der Waals surface area contributed by atoms with Gasteiger partial charge >= 0.3 is 26.0 Å². The molecule has 1 amide bonds. The van der Waals surface area contributed by atoms with Crippen LogP contribution in [0.25, 0.3) is 0 Å². The highest BCUT2D eigenvalue weighted by Crippen LogP contribution is 2.27. The van der Waals surface area contributed by atoms with Crippen molar-refractivity contribution in [3.8, 4) is 0 Å². The summed E-state index contributed by atoms with van der Waals surface area (Å²) in [5, 5.41) is 22.2. The minimum atomic E-state index is -1.23. The molecule has 9 nitrogen and oxygen atoms in total. The summed E-state index contributed by atoms with van der Waals surface area (Å²) in [5.74, 6) is -3.36. The molecule has 0 saturated carbocycles. The molecule has 2 saturated heterocycles. The maximum atomic E-state index is 12.1. The van der Waals surface area contributed by atoms with E-state index in [1.54, 1.807) is 18.5 Å². The number of carbonyl (C=O) groups is 3. The molecule has 0 bridgehead atoms. The number of esters is 2. The number of nitrogens with zero attached hydrogens (tertiary/aromatic N) is 1. The molecule has 3 N–H and O–H groups in total. The molecular formula is C28H40B2Br2N2O7S2. The Kier molecular flexibility index (Phi) is 16.4. The largest absolute Gasteiger partial charge is 0.437 e. The fourth-order valence-electron chi connectivity index (χ4n) is 5.05. The number of hydrogen-bond acceptors (Lipinski definition) is 8. The van der Waals surface area contributed by atoms with Crippen molar-refractivity contribution < 1.29 is 33.9 Å². The Morgan fingerprint density at radius 2 is 1.42 bits per heavy atom. The first kappa shape index (κ1) is 39.5. The maximum Gasteiger partial charge on any atom is 0.411 e. The lowest BCUT2D eigenvalue weighted by Crippen LogP contribution is -2.50. The maximum absolute atomic E-state index is 12.1. The van der Waals surface area contributed by atoms with Crippen LogP contribution in [0.15, 0.2) is 57.5 Å². The summed E-state index contributed by atoms with van der Waals surface area (Å²) in [6.45, 7) is 6.28. The molecule has 0 aliphatic carbocycles. The second-order valence-corrected chi connectivity index (χ2v) is 12.7. The van der Waals surface area contributed by atoms with Crippen molar-refractivity contribution in [1.29, 1.82) is 0 Å². The van der Waals surface area contributed by atoms with Crippen LogP contribution in [0, 0.1) is 5.92 Å². The minimum absolute atomic E-state index is 0. The predicted molar refractivity (Wildman–Crippen MR) is 185 cm³/mol. The molecule has 2 aromatic rings. The molecule has 236 valence electrons. The van der Waals surface area contributed by atoms with Crippen LogP contribution in [0.2, 0.25) is 13.6 Å². The molecule has 0 radical (unpaired) electrons. The van der Waals surface area contributed by atoms with Crippen LogP contribution in [-0.2, 0) is 36.7 Å². The van der Waals surface area contributed by atoms with Crippen molar-refractivity contribution in [2.45, 2.75) is 77.5 Å². The molecule has 0 aromatic heterocycles. The second kappa shape index (κ2) is 17.9. The van der Waals surface area contributed by atoms with Gasteiger partial charge < -0.3 is 29.6 Å². The van der Waals surface area contributed by atoms with Gasteiger partial charge in [0.2, 0.25) is 5.91 Å². The lowest BCUT2D eigenvalue weighted by Gasteiger charge is -2.34. The summed E-state index contributed by atoms with van der Waals surface area (Å²) in [4.78, 5) is 37.5. The van der Waals surface area contributed by atoms with Crippen LogP contribution in [0.3, 0.4) is 0 Å². The van der Waals surface area contributed by atoms with E-state index in [1.807, 2.05) is 48.5 Å². The zero-order valence-electron chi connectivity index (χ0n) is 24.7. The number of ether oxygens (including phenoxy) is 2. The first-order chi connectivity index (χ1) is 19.2. The lowest BCUT2D eigenvalue weighted by atomic mass is 9.83.